The molecule has 0 radical (unpaired) electrons. The smallest absolute Gasteiger partial charge is 0.0963 e. The Morgan fingerprint density at radius 2 is 2.06 bits per heavy atom. The van der Waals surface area contributed by atoms with E-state index in [1.807, 2.05) is 18.2 Å². The lowest BCUT2D eigenvalue weighted by Gasteiger charge is -2.21. The normalized spacial score (nSPS) is 17.1. The Morgan fingerprint density at radius 3 is 2.67 bits per heavy atom. The minimum absolute atomic E-state index is 0.0571. The van der Waals surface area contributed by atoms with Crippen LogP contribution in [0.2, 0.25) is 5.02 Å². The second-order valence-corrected chi connectivity index (χ2v) is 5.76. The molecule has 1 aromatic rings. The number of nitrogens with one attached hydrogen (secondary N) is 1. The number of benzene rings is 1. The topological polar surface area (TPSA) is 21.3 Å². The van der Waals surface area contributed by atoms with E-state index in [1.54, 1.807) is 0 Å². The zero-order valence-corrected chi connectivity index (χ0v) is 11.9. The second kappa shape index (κ2) is 6.55. The average molecular weight is 268 g/mol. The van der Waals surface area contributed by atoms with Crippen LogP contribution in [0.4, 0.5) is 0 Å². The Hall–Kier alpha value is -0.570. The number of ether oxygens (including phenoxy) is 1. The highest BCUT2D eigenvalue weighted by Gasteiger charge is 2.24. The molecule has 0 saturated heterocycles. The third-order valence-electron chi connectivity index (χ3n) is 3.19. The summed E-state index contributed by atoms with van der Waals surface area (Å²) < 4.78 is 6.04. The van der Waals surface area contributed by atoms with Crippen molar-refractivity contribution in [2.45, 2.75) is 38.8 Å². The molecule has 2 rings (SSSR count). The predicted molar refractivity (Wildman–Crippen MR) is 76.0 cm³/mol. The van der Waals surface area contributed by atoms with Gasteiger partial charge in [-0.05, 0) is 24.8 Å². The molecule has 0 heterocycles. The molecule has 1 aromatic carbocycles. The van der Waals surface area contributed by atoms with E-state index in [1.165, 1.54) is 12.8 Å². The summed E-state index contributed by atoms with van der Waals surface area (Å²) >= 11 is 6.26. The molecule has 1 atom stereocenters. The molecule has 3 heteroatoms. The molecule has 0 aliphatic heterocycles. The van der Waals surface area contributed by atoms with Crippen LogP contribution >= 0.6 is 11.6 Å². The quantitative estimate of drug-likeness (QED) is 0.811. The first kappa shape index (κ1) is 13.9. The van der Waals surface area contributed by atoms with E-state index in [0.717, 1.165) is 29.7 Å². The van der Waals surface area contributed by atoms with Gasteiger partial charge in [0.05, 0.1) is 12.7 Å². The zero-order valence-electron chi connectivity index (χ0n) is 11.2. The second-order valence-electron chi connectivity index (χ2n) is 5.35. The first-order chi connectivity index (χ1) is 8.66. The van der Waals surface area contributed by atoms with Crippen LogP contribution in [0.1, 0.15) is 38.4 Å². The van der Waals surface area contributed by atoms with Crippen molar-refractivity contribution in [2.75, 3.05) is 13.2 Å². The van der Waals surface area contributed by atoms with Crippen molar-refractivity contribution in [3.8, 4) is 0 Å². The Labute approximate surface area is 115 Å². The summed E-state index contributed by atoms with van der Waals surface area (Å²) in [6, 6.07) is 8.42. The fourth-order valence-corrected chi connectivity index (χ4v) is 2.13. The van der Waals surface area contributed by atoms with Crippen LogP contribution < -0.4 is 5.32 Å². The summed E-state index contributed by atoms with van der Waals surface area (Å²) in [5.41, 5.74) is 1.09. The molecule has 2 nitrogen and oxygen atoms in total. The van der Waals surface area contributed by atoms with Crippen molar-refractivity contribution >= 4 is 11.6 Å². The molecule has 0 amide bonds. The Kier molecular flexibility index (Phi) is 5.04. The lowest BCUT2D eigenvalue weighted by Crippen LogP contribution is -2.29. The number of rotatable bonds is 7. The highest BCUT2D eigenvalue weighted by molar-refractivity contribution is 6.31. The van der Waals surface area contributed by atoms with Crippen LogP contribution in [0.25, 0.3) is 0 Å². The van der Waals surface area contributed by atoms with Crippen molar-refractivity contribution in [1.29, 1.82) is 0 Å². The first-order valence-corrected chi connectivity index (χ1v) is 7.14. The molecule has 1 aliphatic carbocycles. The van der Waals surface area contributed by atoms with Gasteiger partial charge in [-0.2, -0.15) is 0 Å². The van der Waals surface area contributed by atoms with Gasteiger partial charge in [0.15, 0.2) is 0 Å². The molecular formula is C15H22ClNO. The van der Waals surface area contributed by atoms with Crippen LogP contribution in [-0.4, -0.2) is 19.2 Å². The van der Waals surface area contributed by atoms with Crippen LogP contribution in [-0.2, 0) is 4.74 Å². The van der Waals surface area contributed by atoms with Gasteiger partial charge in [0.25, 0.3) is 0 Å². The summed E-state index contributed by atoms with van der Waals surface area (Å²) in [7, 11) is 0. The molecule has 0 aromatic heterocycles. The largest absolute Gasteiger partial charge is 0.372 e. The SMILES string of the molecule is CC(C)NCC(OCC1CC1)c1ccccc1Cl. The van der Waals surface area contributed by atoms with E-state index in [9.17, 15) is 0 Å². The number of halogens is 1. The van der Waals surface area contributed by atoms with Gasteiger partial charge in [0, 0.05) is 23.2 Å². The van der Waals surface area contributed by atoms with Crippen molar-refractivity contribution in [2.24, 2.45) is 5.92 Å². The van der Waals surface area contributed by atoms with E-state index in [0.29, 0.717) is 6.04 Å². The van der Waals surface area contributed by atoms with Crippen LogP contribution in [0.15, 0.2) is 24.3 Å². The lowest BCUT2D eigenvalue weighted by molar-refractivity contribution is 0.0441. The average Bonchev–Trinajstić information content (AvgIpc) is 3.14. The number of hydrogen-bond acceptors (Lipinski definition) is 2. The lowest BCUT2D eigenvalue weighted by atomic mass is 10.1. The van der Waals surface area contributed by atoms with Gasteiger partial charge in [-0.15, -0.1) is 0 Å². The van der Waals surface area contributed by atoms with E-state index in [2.05, 4.69) is 25.2 Å². The van der Waals surface area contributed by atoms with Crippen molar-refractivity contribution in [3.05, 3.63) is 34.9 Å². The molecule has 100 valence electrons. The van der Waals surface area contributed by atoms with E-state index in [4.69, 9.17) is 16.3 Å². The summed E-state index contributed by atoms with van der Waals surface area (Å²) in [6.45, 7) is 5.96. The van der Waals surface area contributed by atoms with E-state index >= 15 is 0 Å². The standard InChI is InChI=1S/C15H22ClNO/c1-11(2)17-9-15(18-10-12-7-8-12)13-5-3-4-6-14(13)16/h3-6,11-12,15,17H,7-10H2,1-2H3. The summed E-state index contributed by atoms with van der Waals surface area (Å²) in [4.78, 5) is 0. The Bertz CT molecular complexity index is 371. The predicted octanol–water partition coefficient (Wildman–Crippen LogP) is 3.81. The Balaban J connectivity index is 1.99. The maximum absolute atomic E-state index is 6.26. The monoisotopic (exact) mass is 267 g/mol. The van der Waals surface area contributed by atoms with Crippen LogP contribution in [0, 0.1) is 5.92 Å². The third kappa shape index (κ3) is 4.27. The van der Waals surface area contributed by atoms with Gasteiger partial charge >= 0.3 is 0 Å². The fraction of sp³-hybridized carbons (Fsp3) is 0.600. The molecular weight excluding hydrogens is 246 g/mol. The minimum atomic E-state index is 0.0571. The third-order valence-corrected chi connectivity index (χ3v) is 3.54. The molecule has 1 saturated carbocycles. The highest BCUT2D eigenvalue weighted by Crippen LogP contribution is 2.32. The summed E-state index contributed by atoms with van der Waals surface area (Å²) in [6.07, 6.45) is 2.68. The van der Waals surface area contributed by atoms with Gasteiger partial charge in [-0.1, -0.05) is 43.6 Å². The summed E-state index contributed by atoms with van der Waals surface area (Å²) in [5.74, 6) is 0.772. The molecule has 0 spiro atoms. The summed E-state index contributed by atoms with van der Waals surface area (Å²) in [5, 5.41) is 4.23. The first-order valence-electron chi connectivity index (χ1n) is 6.76. The van der Waals surface area contributed by atoms with E-state index < -0.39 is 0 Å². The van der Waals surface area contributed by atoms with E-state index in [-0.39, 0.29) is 6.10 Å². The van der Waals surface area contributed by atoms with Gasteiger partial charge in [0.1, 0.15) is 0 Å². The maximum Gasteiger partial charge on any atom is 0.0963 e. The maximum atomic E-state index is 6.26. The molecule has 1 N–H and O–H groups in total. The molecule has 0 bridgehead atoms. The molecule has 1 unspecified atom stereocenters. The van der Waals surface area contributed by atoms with Crippen molar-refractivity contribution in [3.63, 3.8) is 0 Å². The van der Waals surface area contributed by atoms with Gasteiger partial charge in [0.2, 0.25) is 0 Å². The van der Waals surface area contributed by atoms with Gasteiger partial charge in [-0.25, -0.2) is 0 Å². The van der Waals surface area contributed by atoms with Crippen molar-refractivity contribution in [1.82, 2.24) is 5.32 Å². The van der Waals surface area contributed by atoms with Crippen LogP contribution in [0.3, 0.4) is 0 Å². The Morgan fingerprint density at radius 1 is 1.33 bits per heavy atom. The molecule has 1 aliphatic rings. The minimum Gasteiger partial charge on any atom is -0.372 e. The fourth-order valence-electron chi connectivity index (χ4n) is 1.87. The van der Waals surface area contributed by atoms with Gasteiger partial charge in [-0.3, -0.25) is 0 Å². The number of hydrogen-bond donors (Lipinski definition) is 1. The van der Waals surface area contributed by atoms with Crippen LogP contribution in [0.5, 0.6) is 0 Å². The van der Waals surface area contributed by atoms with Crippen molar-refractivity contribution < 1.29 is 4.74 Å². The molecule has 18 heavy (non-hydrogen) atoms. The highest BCUT2D eigenvalue weighted by atomic mass is 35.5. The molecule has 1 fully saturated rings. The zero-order chi connectivity index (χ0) is 13.0. The van der Waals surface area contributed by atoms with Gasteiger partial charge < -0.3 is 10.1 Å².